The molecule has 2 aromatic rings. The van der Waals surface area contributed by atoms with Crippen LogP contribution in [0.25, 0.3) is 0 Å². The van der Waals surface area contributed by atoms with E-state index in [9.17, 15) is 139 Å². The van der Waals surface area contributed by atoms with Crippen molar-refractivity contribution in [3.8, 4) is 0 Å². The van der Waals surface area contributed by atoms with E-state index in [2.05, 4.69) is 37.2 Å². The van der Waals surface area contributed by atoms with Gasteiger partial charge >= 0.3 is 0 Å². The highest BCUT2D eigenvalue weighted by molar-refractivity contribution is 6.00. The number of primary amides is 2. The molecule has 8 rings (SSSR count). The zero-order valence-corrected chi connectivity index (χ0v) is 67.1. The molecule has 29 unspecified atom stereocenters. The minimum Gasteiger partial charge on any atom is -0.391 e. The predicted octanol–water partition coefficient (Wildman–Crippen LogP) is -13.3. The average Bonchev–Trinajstić information content (AvgIpc) is 1.70. The number of nitrogens with two attached hydrogens (primary N) is 4. The Morgan fingerprint density at radius 1 is 0.420 bits per heavy atom. The number of hydrogen-bond acceptors (Lipinski definition) is 30. The maximum absolute atomic E-state index is 14.4. The van der Waals surface area contributed by atoms with Crippen molar-refractivity contribution in [3.05, 3.63) is 69.8 Å². The number of nitrogens with zero attached hydrogens (tertiary/aromatic N) is 4. The molecule has 0 aromatic heterocycles. The van der Waals surface area contributed by atoms with Gasteiger partial charge in [-0.05, 0) is 81.3 Å². The standard InChI is InChI=1S/C38H58N8O13.C37H56N8O15/c1-15-6-7-20(8-16(15)2)18(4)32(53)29-35(56)43-28(25(50)11-26(40)51)38(59)46-13-17(3)31(52)30(46)36(57)41-12-21(48)9-23(39)33(54)42-27(19(5)47)37(58)45-14-22(49)10-24(45)34(55)44-29;1-13-5-6-17(7-14(13)2)29(52)30(53)26-34(57)41-25(21(48)10-23(39)50)37(60)45-11-15(3)28(51)27(45)35(58)43-33(56)22(49)9-19(38)31(54)40-24(16(4)46)36(59)44-12-18(47)8-20(44)32(55)42-26/h6-8,17-19,21-25,27-32,47-50,52-53H,9-14,39H2,1-5H3,(H2,40,51)(H,41,57)(H,42,54)(H,43,56)(H,44,55);5-7,15-16,18-22,24-30,33,46-49,51-53,56H,8-12,38H2,1-4H3,(H2,39,50)(H,40,54)(H,41,57)(H,42,55)(H,43,58). The topological polar surface area (TPSA) is 735 Å². The van der Waals surface area contributed by atoms with E-state index in [0.29, 0.717) is 16.0 Å². The van der Waals surface area contributed by atoms with Gasteiger partial charge in [0.2, 0.25) is 82.7 Å². The van der Waals surface area contributed by atoms with Crippen LogP contribution >= 0.6 is 0 Å². The van der Waals surface area contributed by atoms with Crippen LogP contribution < -0.4 is 65.5 Å². The van der Waals surface area contributed by atoms with Crippen molar-refractivity contribution >= 4 is 82.7 Å². The van der Waals surface area contributed by atoms with E-state index in [1.54, 1.807) is 45.0 Å². The third-order valence-electron chi connectivity index (χ3n) is 22.6. The summed E-state index contributed by atoms with van der Waals surface area (Å²) >= 11 is 0. The van der Waals surface area contributed by atoms with Crippen molar-refractivity contribution in [3.63, 3.8) is 0 Å². The Morgan fingerprint density at radius 3 is 1.20 bits per heavy atom. The highest BCUT2D eigenvalue weighted by Crippen LogP contribution is 2.32. The first-order chi connectivity index (χ1) is 55.5. The molecule has 6 fully saturated rings. The van der Waals surface area contributed by atoms with E-state index in [-0.39, 0.29) is 18.5 Å². The lowest BCUT2D eigenvalue weighted by Gasteiger charge is -2.34. The summed E-state index contributed by atoms with van der Waals surface area (Å²) in [5.74, 6) is -18.7. The SMILES string of the molecule is Cc1ccc(C(C)C(O)C2NC(=O)C3CC(O)CN3C(=O)C(C(C)O)NC(=O)C(N)CC(O)CNC(=O)C3C(O)C(C)CN3C(=O)C(C(O)CC(N)=O)NC2=O)cc1C.Cc1ccc(C(O)C(O)C2NC(=O)C3CC(O)CN3C(=O)C(C(C)O)NC(=O)C(N)CC(O)C(O)NC(=O)C3C(O)C(C)CN3C(=O)C(C(O)CC(N)=O)NC2=O)cc1C. The molecule has 30 N–H and O–H groups in total. The van der Waals surface area contributed by atoms with Crippen LogP contribution in [0.5, 0.6) is 0 Å². The van der Waals surface area contributed by atoms with Crippen molar-refractivity contribution < 1.29 is 139 Å². The highest BCUT2D eigenvalue weighted by Gasteiger charge is 2.54. The molecule has 44 heteroatoms. The summed E-state index contributed by atoms with van der Waals surface area (Å²) in [5.41, 5.74) is 26.4. The second-order valence-electron chi connectivity index (χ2n) is 32.0. The van der Waals surface area contributed by atoms with Gasteiger partial charge in [0.1, 0.15) is 78.7 Å². The molecule has 44 nitrogen and oxygen atoms in total. The number of benzene rings is 2. The van der Waals surface area contributed by atoms with Crippen LogP contribution in [0.4, 0.5) is 0 Å². The second-order valence-corrected chi connectivity index (χ2v) is 32.0. The first-order valence-electron chi connectivity index (χ1n) is 38.9. The fourth-order valence-electron chi connectivity index (χ4n) is 15.1. The number of carbonyl (C=O) groups is 14. The molecule has 2 aromatic carbocycles. The van der Waals surface area contributed by atoms with Gasteiger partial charge in [-0.2, -0.15) is 0 Å². The molecule has 0 saturated carbocycles. The van der Waals surface area contributed by atoms with Crippen molar-refractivity contribution in [1.29, 1.82) is 0 Å². The summed E-state index contributed by atoms with van der Waals surface area (Å²) in [6.07, 6.45) is -28.8. The van der Waals surface area contributed by atoms with Crippen LogP contribution in [0.1, 0.15) is 119 Å². The minimum atomic E-state index is -2.26. The molecular formula is C75H114N16O28. The van der Waals surface area contributed by atoms with Crippen LogP contribution in [0.2, 0.25) is 0 Å². The molecule has 6 aliphatic heterocycles. The van der Waals surface area contributed by atoms with Gasteiger partial charge in [0.25, 0.3) is 0 Å². The van der Waals surface area contributed by atoms with E-state index in [4.69, 9.17) is 22.9 Å². The Labute approximate surface area is 683 Å². The van der Waals surface area contributed by atoms with E-state index in [1.165, 1.54) is 32.9 Å². The first-order valence-corrected chi connectivity index (χ1v) is 38.9. The molecule has 119 heavy (non-hydrogen) atoms. The van der Waals surface area contributed by atoms with E-state index >= 15 is 0 Å². The van der Waals surface area contributed by atoms with Crippen LogP contribution in [0.15, 0.2) is 36.4 Å². The Morgan fingerprint density at radius 2 is 0.790 bits per heavy atom. The summed E-state index contributed by atoms with van der Waals surface area (Å²) in [6, 6.07) is -12.2. The summed E-state index contributed by atoms with van der Waals surface area (Å²) in [4.78, 5) is 194. The predicted molar refractivity (Wildman–Crippen MR) is 410 cm³/mol. The molecular weight excluding hydrogens is 1570 g/mol. The molecule has 14 amide bonds. The highest BCUT2D eigenvalue weighted by atomic mass is 16.4. The number of carbonyl (C=O) groups excluding carboxylic acids is 14. The molecule has 0 bridgehead atoms. The number of aliphatic hydroxyl groups is 14. The number of aryl methyl sites for hydroxylation is 4. The number of aliphatic hydroxyl groups excluding tert-OH is 14. The van der Waals surface area contributed by atoms with Crippen LogP contribution in [0, 0.1) is 39.5 Å². The molecule has 6 aliphatic rings. The summed E-state index contributed by atoms with van der Waals surface area (Å²) in [5, 5.41) is 172. The number of fused-ring (bicyclic) bond motifs is 4. The number of nitrogens with one attached hydrogen (secondary N) is 8. The van der Waals surface area contributed by atoms with E-state index in [1.807, 2.05) is 19.2 Å². The number of rotatable bonds is 14. The van der Waals surface area contributed by atoms with Crippen LogP contribution in [-0.2, 0) is 67.1 Å². The number of amides is 14. The van der Waals surface area contributed by atoms with E-state index in [0.717, 1.165) is 38.3 Å². The first kappa shape index (κ1) is 96.5. The zero-order valence-electron chi connectivity index (χ0n) is 67.1. The van der Waals surface area contributed by atoms with Gasteiger partial charge in [-0.3, -0.25) is 67.1 Å². The Kier molecular flexibility index (Phi) is 33.3. The fraction of sp³-hybridized carbons (Fsp3) is 0.653. The van der Waals surface area contributed by atoms with Gasteiger partial charge in [-0.15, -0.1) is 0 Å². The summed E-state index contributed by atoms with van der Waals surface area (Å²) in [6.45, 7) is 11.7. The van der Waals surface area contributed by atoms with Gasteiger partial charge in [-0.1, -0.05) is 57.2 Å². The molecule has 0 spiro atoms. The van der Waals surface area contributed by atoms with Gasteiger partial charge in [0.15, 0.2) is 6.23 Å². The third-order valence-corrected chi connectivity index (χ3v) is 22.6. The lowest BCUT2D eigenvalue weighted by Crippen LogP contribution is -2.64. The fourth-order valence-corrected chi connectivity index (χ4v) is 15.1. The Balaban J connectivity index is 0.000000328. The molecule has 662 valence electrons. The van der Waals surface area contributed by atoms with Crippen molar-refractivity contribution in [1.82, 2.24) is 62.1 Å². The average molecular weight is 1690 g/mol. The molecule has 29 atom stereocenters. The Bertz CT molecular complexity index is 4070. The van der Waals surface area contributed by atoms with Gasteiger partial charge in [0.05, 0.1) is 86.0 Å². The quantitative estimate of drug-likeness (QED) is 0.0835. The Hall–Kier alpha value is -9.62. The minimum absolute atomic E-state index is 0.0689. The second kappa shape index (κ2) is 41.1. The third kappa shape index (κ3) is 23.3. The summed E-state index contributed by atoms with van der Waals surface area (Å²) < 4.78 is 0. The molecule has 0 aliphatic carbocycles. The largest absolute Gasteiger partial charge is 0.391 e. The normalized spacial score (nSPS) is 33.1. The molecule has 6 heterocycles. The monoisotopic (exact) mass is 1690 g/mol. The number of hydrogen-bond donors (Lipinski definition) is 26. The van der Waals surface area contributed by atoms with Crippen molar-refractivity contribution in [2.24, 2.45) is 34.8 Å². The number of β-amino-alcohol motifs (C(OH)–C–C–N with tert-alkyl or cyclic N) is 1. The molecule has 6 saturated heterocycles. The molecule has 0 radical (unpaired) electrons. The summed E-state index contributed by atoms with van der Waals surface area (Å²) in [7, 11) is 0. The van der Waals surface area contributed by atoms with Crippen LogP contribution in [-0.4, -0.2) is 358 Å². The maximum atomic E-state index is 14.4. The van der Waals surface area contributed by atoms with Gasteiger partial charge in [0, 0.05) is 69.7 Å². The van der Waals surface area contributed by atoms with Crippen molar-refractivity contribution in [2.45, 2.75) is 265 Å². The van der Waals surface area contributed by atoms with Crippen molar-refractivity contribution in [2.75, 3.05) is 32.7 Å². The van der Waals surface area contributed by atoms with Crippen LogP contribution in [0.3, 0.4) is 0 Å². The lowest BCUT2D eigenvalue weighted by atomic mass is 9.88. The van der Waals surface area contributed by atoms with Gasteiger partial charge in [-0.25, -0.2) is 0 Å². The zero-order chi connectivity index (χ0) is 89.3. The van der Waals surface area contributed by atoms with Gasteiger partial charge < -0.3 is 157 Å². The van der Waals surface area contributed by atoms with E-state index < -0.39 is 317 Å². The smallest absolute Gasteiger partial charge is 0.248 e. The lowest BCUT2D eigenvalue weighted by molar-refractivity contribution is -0.149. The maximum Gasteiger partial charge on any atom is 0.248 e.